The highest BCUT2D eigenvalue weighted by atomic mass is 35.5. The highest BCUT2D eigenvalue weighted by Gasteiger charge is 2.16. The highest BCUT2D eigenvalue weighted by Crippen LogP contribution is 2.32. The Morgan fingerprint density at radius 3 is 2.80 bits per heavy atom. The van der Waals surface area contributed by atoms with E-state index >= 15 is 0 Å². The molecule has 20 heavy (non-hydrogen) atoms. The molecule has 0 unspecified atom stereocenters. The Morgan fingerprint density at radius 2 is 2.20 bits per heavy atom. The molecule has 7 heteroatoms. The average Bonchev–Trinajstić information content (AvgIpc) is 2.43. The standard InChI is InChI=1S/C13H12ClN3O3/c1-15-7-9-2-5-13(16-8-9)20-12-4-3-10(14)6-11(12)17(18)19/h2-6,8,15H,7H2,1H3. The van der Waals surface area contributed by atoms with Gasteiger partial charge in [0.1, 0.15) is 0 Å². The minimum absolute atomic E-state index is 0.105. The van der Waals surface area contributed by atoms with Crippen LogP contribution in [0, 0.1) is 10.1 Å². The molecule has 0 radical (unpaired) electrons. The van der Waals surface area contributed by atoms with Crippen LogP contribution in [0.1, 0.15) is 5.56 Å². The fourth-order valence-corrected chi connectivity index (χ4v) is 1.78. The zero-order valence-corrected chi connectivity index (χ0v) is 11.4. The summed E-state index contributed by atoms with van der Waals surface area (Å²) in [6.45, 7) is 0.689. The Labute approximate surface area is 120 Å². The Balaban J connectivity index is 2.23. The predicted molar refractivity (Wildman–Crippen MR) is 75.2 cm³/mol. The van der Waals surface area contributed by atoms with Crippen molar-refractivity contribution in [2.24, 2.45) is 0 Å². The van der Waals surface area contributed by atoms with Crippen molar-refractivity contribution in [1.82, 2.24) is 10.3 Å². The molecule has 0 saturated heterocycles. The molecule has 0 aliphatic heterocycles. The molecule has 2 aromatic rings. The zero-order valence-electron chi connectivity index (χ0n) is 10.7. The van der Waals surface area contributed by atoms with E-state index in [4.69, 9.17) is 16.3 Å². The van der Waals surface area contributed by atoms with Crippen LogP contribution in [-0.2, 0) is 6.54 Å². The summed E-state index contributed by atoms with van der Waals surface area (Å²) in [5, 5.41) is 14.2. The second kappa shape index (κ2) is 6.31. The van der Waals surface area contributed by atoms with Gasteiger partial charge in [-0.1, -0.05) is 17.7 Å². The molecule has 0 saturated carbocycles. The van der Waals surface area contributed by atoms with Crippen molar-refractivity contribution in [2.75, 3.05) is 7.05 Å². The minimum Gasteiger partial charge on any atom is -0.432 e. The molecular weight excluding hydrogens is 282 g/mol. The molecule has 6 nitrogen and oxygen atoms in total. The van der Waals surface area contributed by atoms with E-state index in [0.717, 1.165) is 5.56 Å². The summed E-state index contributed by atoms with van der Waals surface area (Å²) >= 11 is 5.74. The number of hydrogen-bond donors (Lipinski definition) is 1. The first-order valence-electron chi connectivity index (χ1n) is 5.81. The van der Waals surface area contributed by atoms with Gasteiger partial charge in [0.25, 0.3) is 0 Å². The first-order chi connectivity index (χ1) is 9.60. The van der Waals surface area contributed by atoms with E-state index in [-0.39, 0.29) is 22.3 Å². The maximum atomic E-state index is 10.9. The fourth-order valence-electron chi connectivity index (χ4n) is 1.61. The molecule has 104 valence electrons. The van der Waals surface area contributed by atoms with Gasteiger partial charge < -0.3 is 10.1 Å². The third kappa shape index (κ3) is 3.43. The normalized spacial score (nSPS) is 10.3. The molecule has 2 rings (SSSR count). The Kier molecular flexibility index (Phi) is 4.49. The largest absolute Gasteiger partial charge is 0.432 e. The van der Waals surface area contributed by atoms with Crippen molar-refractivity contribution in [1.29, 1.82) is 0 Å². The summed E-state index contributed by atoms with van der Waals surface area (Å²) in [6.07, 6.45) is 1.65. The maximum absolute atomic E-state index is 10.9. The van der Waals surface area contributed by atoms with Crippen LogP contribution in [0.4, 0.5) is 5.69 Å². The second-order valence-electron chi connectivity index (χ2n) is 4.01. The van der Waals surface area contributed by atoms with Crippen molar-refractivity contribution >= 4 is 17.3 Å². The third-order valence-electron chi connectivity index (χ3n) is 2.51. The molecular formula is C13H12ClN3O3. The van der Waals surface area contributed by atoms with E-state index < -0.39 is 4.92 Å². The zero-order chi connectivity index (χ0) is 14.5. The number of hydrogen-bond acceptors (Lipinski definition) is 5. The lowest BCUT2D eigenvalue weighted by atomic mass is 10.3. The summed E-state index contributed by atoms with van der Waals surface area (Å²) in [7, 11) is 1.83. The Hall–Kier alpha value is -2.18. The van der Waals surface area contributed by atoms with E-state index in [9.17, 15) is 10.1 Å². The Bertz CT molecular complexity index is 617. The van der Waals surface area contributed by atoms with Crippen molar-refractivity contribution in [2.45, 2.75) is 6.54 Å². The van der Waals surface area contributed by atoms with Gasteiger partial charge in [-0.15, -0.1) is 0 Å². The first kappa shape index (κ1) is 14.2. The second-order valence-corrected chi connectivity index (χ2v) is 4.44. The number of nitrogens with zero attached hydrogens (tertiary/aromatic N) is 2. The lowest BCUT2D eigenvalue weighted by Gasteiger charge is -2.06. The molecule has 0 aliphatic rings. The SMILES string of the molecule is CNCc1ccc(Oc2ccc(Cl)cc2[N+](=O)[O-])nc1. The summed E-state index contributed by atoms with van der Waals surface area (Å²) in [6, 6.07) is 7.71. The van der Waals surface area contributed by atoms with Crippen LogP contribution in [0.3, 0.4) is 0 Å². The van der Waals surface area contributed by atoms with E-state index in [1.165, 1.54) is 18.2 Å². The number of nitrogens with one attached hydrogen (secondary N) is 1. The molecule has 1 heterocycles. The highest BCUT2D eigenvalue weighted by molar-refractivity contribution is 6.30. The molecule has 0 bridgehead atoms. The molecule has 0 amide bonds. The number of halogens is 1. The topological polar surface area (TPSA) is 77.3 Å². The van der Waals surface area contributed by atoms with E-state index in [0.29, 0.717) is 6.54 Å². The van der Waals surface area contributed by atoms with Crippen LogP contribution >= 0.6 is 11.6 Å². The molecule has 0 fully saturated rings. The van der Waals surface area contributed by atoms with Crippen molar-refractivity contribution in [3.63, 3.8) is 0 Å². The molecule has 1 aromatic heterocycles. The average molecular weight is 294 g/mol. The molecule has 0 atom stereocenters. The van der Waals surface area contributed by atoms with Gasteiger partial charge in [-0.05, 0) is 24.7 Å². The van der Waals surface area contributed by atoms with Crippen LogP contribution in [0.25, 0.3) is 0 Å². The number of ether oxygens (including phenoxy) is 1. The van der Waals surface area contributed by atoms with Gasteiger partial charge in [0.15, 0.2) is 0 Å². The summed E-state index contributed by atoms with van der Waals surface area (Å²) in [5.41, 5.74) is 0.795. The molecule has 1 N–H and O–H groups in total. The lowest BCUT2D eigenvalue weighted by Crippen LogP contribution is -2.05. The van der Waals surface area contributed by atoms with Gasteiger partial charge in [-0.25, -0.2) is 4.98 Å². The first-order valence-corrected chi connectivity index (χ1v) is 6.19. The van der Waals surface area contributed by atoms with Crippen molar-refractivity contribution in [3.8, 4) is 11.6 Å². The van der Waals surface area contributed by atoms with E-state index in [1.807, 2.05) is 13.1 Å². The van der Waals surface area contributed by atoms with E-state index in [2.05, 4.69) is 10.3 Å². The fraction of sp³-hybridized carbons (Fsp3) is 0.154. The number of nitro benzene ring substituents is 1. The van der Waals surface area contributed by atoms with Crippen LogP contribution in [-0.4, -0.2) is 17.0 Å². The number of pyridine rings is 1. The van der Waals surface area contributed by atoms with Gasteiger partial charge in [0.2, 0.25) is 11.6 Å². The van der Waals surface area contributed by atoms with Gasteiger partial charge in [-0.3, -0.25) is 10.1 Å². The van der Waals surface area contributed by atoms with Crippen LogP contribution in [0.15, 0.2) is 36.5 Å². The molecule has 1 aromatic carbocycles. The van der Waals surface area contributed by atoms with Crippen LogP contribution in [0.2, 0.25) is 5.02 Å². The van der Waals surface area contributed by atoms with Crippen molar-refractivity contribution in [3.05, 3.63) is 57.2 Å². The quantitative estimate of drug-likeness (QED) is 0.677. The number of benzene rings is 1. The van der Waals surface area contributed by atoms with Gasteiger partial charge in [0.05, 0.1) is 4.92 Å². The minimum atomic E-state index is -0.545. The van der Waals surface area contributed by atoms with Gasteiger partial charge in [0, 0.05) is 29.9 Å². The monoisotopic (exact) mass is 293 g/mol. The molecule has 0 spiro atoms. The van der Waals surface area contributed by atoms with Crippen LogP contribution in [0.5, 0.6) is 11.6 Å². The smallest absolute Gasteiger partial charge is 0.313 e. The maximum Gasteiger partial charge on any atom is 0.313 e. The summed E-state index contributed by atoms with van der Waals surface area (Å²) in [5.74, 6) is 0.392. The predicted octanol–water partition coefficient (Wildman–Crippen LogP) is 3.15. The van der Waals surface area contributed by atoms with E-state index in [1.54, 1.807) is 12.3 Å². The number of nitro groups is 1. The molecule has 0 aliphatic carbocycles. The lowest BCUT2D eigenvalue weighted by molar-refractivity contribution is -0.385. The summed E-state index contributed by atoms with van der Waals surface area (Å²) in [4.78, 5) is 14.5. The van der Waals surface area contributed by atoms with Gasteiger partial charge in [-0.2, -0.15) is 0 Å². The summed E-state index contributed by atoms with van der Waals surface area (Å²) < 4.78 is 5.43. The van der Waals surface area contributed by atoms with Crippen LogP contribution < -0.4 is 10.1 Å². The Morgan fingerprint density at radius 1 is 1.40 bits per heavy atom. The number of rotatable bonds is 5. The van der Waals surface area contributed by atoms with Gasteiger partial charge >= 0.3 is 5.69 Å². The van der Waals surface area contributed by atoms with Crippen molar-refractivity contribution < 1.29 is 9.66 Å². The third-order valence-corrected chi connectivity index (χ3v) is 2.75. The number of aromatic nitrogens is 1.